The van der Waals surface area contributed by atoms with Gasteiger partial charge in [0.05, 0.1) is 22.8 Å². The first kappa shape index (κ1) is 19.0. The zero-order valence-corrected chi connectivity index (χ0v) is 16.4. The largest absolute Gasteiger partial charge is 0.506 e. The molecule has 0 aliphatic carbocycles. The maximum Gasteiger partial charge on any atom is 0.217 e. The van der Waals surface area contributed by atoms with Crippen LogP contribution in [0.5, 0.6) is 17.2 Å². The molecule has 1 aliphatic rings. The number of hydrogen-bond acceptors (Lipinski definition) is 6. The Bertz CT molecular complexity index is 983. The van der Waals surface area contributed by atoms with Gasteiger partial charge < -0.3 is 19.3 Å². The van der Waals surface area contributed by atoms with Gasteiger partial charge in [0.25, 0.3) is 0 Å². The summed E-state index contributed by atoms with van der Waals surface area (Å²) in [5.74, 6) is -0.195. The smallest absolute Gasteiger partial charge is 0.217 e. The molecule has 0 amide bonds. The maximum atomic E-state index is 9.72. The van der Waals surface area contributed by atoms with Crippen LogP contribution < -0.4 is 4.74 Å². The third kappa shape index (κ3) is 3.79. The normalized spacial score (nSPS) is 21.8. The highest BCUT2D eigenvalue weighted by atomic mass is 35.5. The zero-order chi connectivity index (χ0) is 19.7. The van der Waals surface area contributed by atoms with Crippen LogP contribution in [0.1, 0.15) is 12.5 Å². The van der Waals surface area contributed by atoms with Crippen molar-refractivity contribution >= 4 is 23.2 Å². The van der Waals surface area contributed by atoms with Crippen LogP contribution in [-0.2, 0) is 21.8 Å². The minimum Gasteiger partial charge on any atom is -0.506 e. The number of hydrogen-bond donors (Lipinski definition) is 1. The standard InChI is InChI=1S/C19H17Cl2N3O4/c1-12-8-26-19(28-12,9-24-11-22-10-23-24)15-4-2-13(6-17(15)21)27-14-3-5-16(20)18(25)7-14/h2-7,10-12,25H,8-9H2,1H3. The van der Waals surface area contributed by atoms with Gasteiger partial charge in [-0.2, -0.15) is 5.10 Å². The minimum absolute atomic E-state index is 0.0598. The number of aromatic nitrogens is 3. The highest BCUT2D eigenvalue weighted by Crippen LogP contribution is 2.41. The van der Waals surface area contributed by atoms with Gasteiger partial charge in [0.1, 0.15) is 36.4 Å². The van der Waals surface area contributed by atoms with Gasteiger partial charge in [0.15, 0.2) is 0 Å². The fraction of sp³-hybridized carbons (Fsp3) is 0.263. The molecular formula is C19H17Cl2N3O4. The Balaban J connectivity index is 1.62. The maximum absolute atomic E-state index is 9.72. The van der Waals surface area contributed by atoms with Crippen molar-refractivity contribution in [2.24, 2.45) is 0 Å². The van der Waals surface area contributed by atoms with E-state index in [0.717, 1.165) is 0 Å². The molecule has 146 valence electrons. The van der Waals surface area contributed by atoms with Crippen molar-refractivity contribution in [2.75, 3.05) is 6.61 Å². The molecule has 1 fully saturated rings. The summed E-state index contributed by atoms with van der Waals surface area (Å²) >= 11 is 12.4. The van der Waals surface area contributed by atoms with E-state index >= 15 is 0 Å². The summed E-state index contributed by atoms with van der Waals surface area (Å²) in [7, 11) is 0. The van der Waals surface area contributed by atoms with Crippen molar-refractivity contribution in [1.82, 2.24) is 14.8 Å². The summed E-state index contributed by atoms with van der Waals surface area (Å²) in [6.07, 6.45) is 2.95. The Kier molecular flexibility index (Phi) is 5.16. The number of benzene rings is 2. The third-order valence-corrected chi connectivity index (χ3v) is 4.92. The van der Waals surface area contributed by atoms with Gasteiger partial charge in [-0.1, -0.05) is 23.2 Å². The van der Waals surface area contributed by atoms with Crippen molar-refractivity contribution in [3.8, 4) is 17.2 Å². The highest BCUT2D eigenvalue weighted by Gasteiger charge is 2.44. The van der Waals surface area contributed by atoms with Gasteiger partial charge in [-0.25, -0.2) is 9.67 Å². The molecule has 7 nitrogen and oxygen atoms in total. The fourth-order valence-electron chi connectivity index (χ4n) is 3.04. The molecule has 1 aliphatic heterocycles. The third-order valence-electron chi connectivity index (χ3n) is 4.28. The van der Waals surface area contributed by atoms with E-state index in [-0.39, 0.29) is 16.9 Å². The number of aromatic hydroxyl groups is 1. The average molecular weight is 422 g/mol. The van der Waals surface area contributed by atoms with Crippen molar-refractivity contribution in [2.45, 2.75) is 25.4 Å². The van der Waals surface area contributed by atoms with Crippen LogP contribution in [-0.4, -0.2) is 32.6 Å². The summed E-state index contributed by atoms with van der Waals surface area (Å²) in [6, 6.07) is 9.86. The Morgan fingerprint density at radius 2 is 2.00 bits per heavy atom. The number of ether oxygens (including phenoxy) is 3. The predicted molar refractivity (Wildman–Crippen MR) is 103 cm³/mol. The zero-order valence-electron chi connectivity index (χ0n) is 14.9. The number of halogens is 2. The highest BCUT2D eigenvalue weighted by molar-refractivity contribution is 6.32. The number of rotatable bonds is 5. The summed E-state index contributed by atoms with van der Waals surface area (Å²) in [5.41, 5.74) is 0.667. The van der Waals surface area contributed by atoms with Gasteiger partial charge in [-0.05, 0) is 37.3 Å². The second-order valence-electron chi connectivity index (χ2n) is 6.44. The number of nitrogens with zero attached hydrogens (tertiary/aromatic N) is 3. The molecule has 3 aromatic rings. The summed E-state index contributed by atoms with van der Waals surface area (Å²) < 4.78 is 19.5. The van der Waals surface area contributed by atoms with Crippen molar-refractivity contribution < 1.29 is 19.3 Å². The molecule has 0 saturated carbocycles. The molecule has 0 spiro atoms. The van der Waals surface area contributed by atoms with Crippen molar-refractivity contribution in [3.05, 3.63) is 64.7 Å². The molecule has 2 unspecified atom stereocenters. The van der Waals surface area contributed by atoms with Gasteiger partial charge in [0.2, 0.25) is 5.79 Å². The molecule has 2 heterocycles. The predicted octanol–water partition coefficient (Wildman–Crippen LogP) is 4.37. The van der Waals surface area contributed by atoms with Crippen LogP contribution in [0, 0.1) is 0 Å². The molecule has 2 aromatic carbocycles. The topological polar surface area (TPSA) is 78.6 Å². The van der Waals surface area contributed by atoms with Gasteiger partial charge in [-0.15, -0.1) is 0 Å². The van der Waals surface area contributed by atoms with E-state index in [1.54, 1.807) is 41.3 Å². The molecular weight excluding hydrogens is 405 g/mol. The lowest BCUT2D eigenvalue weighted by molar-refractivity contribution is -0.186. The molecule has 4 rings (SSSR count). The van der Waals surface area contributed by atoms with E-state index in [4.69, 9.17) is 37.4 Å². The molecule has 9 heteroatoms. The molecule has 1 aromatic heterocycles. The second-order valence-corrected chi connectivity index (χ2v) is 7.26. The van der Waals surface area contributed by atoms with Gasteiger partial charge >= 0.3 is 0 Å². The lowest BCUT2D eigenvalue weighted by Gasteiger charge is -2.29. The monoisotopic (exact) mass is 421 g/mol. The van der Waals surface area contributed by atoms with Gasteiger partial charge in [0, 0.05) is 11.6 Å². The molecule has 2 atom stereocenters. The first-order valence-corrected chi connectivity index (χ1v) is 9.31. The minimum atomic E-state index is -1.07. The number of phenolic OH excluding ortho intramolecular Hbond substituents is 1. The van der Waals surface area contributed by atoms with Crippen molar-refractivity contribution in [1.29, 1.82) is 0 Å². The first-order chi connectivity index (χ1) is 13.4. The van der Waals surface area contributed by atoms with Crippen LogP contribution >= 0.6 is 23.2 Å². The van der Waals surface area contributed by atoms with Crippen LogP contribution in [0.4, 0.5) is 0 Å². The lowest BCUT2D eigenvalue weighted by Crippen LogP contribution is -2.34. The Morgan fingerprint density at radius 1 is 1.21 bits per heavy atom. The molecule has 28 heavy (non-hydrogen) atoms. The molecule has 1 N–H and O–H groups in total. The van der Waals surface area contributed by atoms with E-state index in [1.807, 2.05) is 6.92 Å². The summed E-state index contributed by atoms with van der Waals surface area (Å²) in [4.78, 5) is 3.96. The second kappa shape index (κ2) is 7.60. The van der Waals surface area contributed by atoms with Crippen LogP contribution in [0.25, 0.3) is 0 Å². The van der Waals surface area contributed by atoms with E-state index in [0.29, 0.717) is 35.2 Å². The average Bonchev–Trinajstić information content (AvgIpc) is 3.29. The van der Waals surface area contributed by atoms with E-state index in [1.165, 1.54) is 12.4 Å². The van der Waals surface area contributed by atoms with E-state index in [9.17, 15) is 5.11 Å². The van der Waals surface area contributed by atoms with Gasteiger partial charge in [-0.3, -0.25) is 0 Å². The Morgan fingerprint density at radius 3 is 2.64 bits per heavy atom. The number of phenols is 1. The van der Waals surface area contributed by atoms with E-state index < -0.39 is 5.79 Å². The molecule has 0 bridgehead atoms. The van der Waals surface area contributed by atoms with E-state index in [2.05, 4.69) is 10.1 Å². The SMILES string of the molecule is CC1COC(Cn2cncn2)(c2ccc(Oc3ccc(Cl)c(O)c3)cc2Cl)O1. The summed E-state index contributed by atoms with van der Waals surface area (Å²) in [6.45, 7) is 2.68. The van der Waals surface area contributed by atoms with Crippen molar-refractivity contribution in [3.63, 3.8) is 0 Å². The fourth-order valence-corrected chi connectivity index (χ4v) is 3.47. The Hall–Kier alpha value is -2.32. The summed E-state index contributed by atoms with van der Waals surface area (Å²) in [5, 5.41) is 14.5. The quantitative estimate of drug-likeness (QED) is 0.658. The lowest BCUT2D eigenvalue weighted by atomic mass is 10.1. The van der Waals surface area contributed by atoms with Crippen LogP contribution in [0.3, 0.4) is 0 Å². The first-order valence-electron chi connectivity index (χ1n) is 8.56. The van der Waals surface area contributed by atoms with Crippen LogP contribution in [0.15, 0.2) is 49.1 Å². The van der Waals surface area contributed by atoms with Crippen LogP contribution in [0.2, 0.25) is 10.0 Å². The molecule has 1 saturated heterocycles. The molecule has 0 radical (unpaired) electrons. The Labute approximate surface area is 171 Å².